The summed E-state index contributed by atoms with van der Waals surface area (Å²) in [5, 5.41) is 1.83. The highest BCUT2D eigenvalue weighted by molar-refractivity contribution is 5.84. The maximum atomic E-state index is 6.12. The molecule has 0 N–H and O–H groups in total. The van der Waals surface area contributed by atoms with Crippen molar-refractivity contribution in [3.8, 4) is 33.7 Å². The van der Waals surface area contributed by atoms with E-state index in [2.05, 4.69) is 223 Å². The minimum absolute atomic E-state index is 0.0187. The van der Waals surface area contributed by atoms with E-state index in [1.165, 1.54) is 22.3 Å². The van der Waals surface area contributed by atoms with Crippen molar-refractivity contribution in [1.82, 2.24) is 4.98 Å². The van der Waals surface area contributed by atoms with E-state index in [1.54, 1.807) is 0 Å². The Labute approximate surface area is 388 Å². The van der Waals surface area contributed by atoms with Crippen molar-refractivity contribution in [2.24, 2.45) is 9.98 Å². The van der Waals surface area contributed by atoms with Gasteiger partial charge in [0.05, 0.1) is 17.3 Å². The van der Waals surface area contributed by atoms with Crippen LogP contribution in [0.1, 0.15) is 76.6 Å². The number of aromatic nitrogens is 1. The molecule has 326 valence electrons. The van der Waals surface area contributed by atoms with Crippen molar-refractivity contribution in [3.63, 3.8) is 0 Å². The minimum atomic E-state index is -0.672. The lowest BCUT2D eigenvalue weighted by atomic mass is 9.75. The van der Waals surface area contributed by atoms with Crippen molar-refractivity contribution < 1.29 is 4.42 Å². The summed E-state index contributed by atoms with van der Waals surface area (Å²) in [6, 6.07) is 69.3. The maximum Gasteiger partial charge on any atom is 0.227 e. The third-order valence-corrected chi connectivity index (χ3v) is 13.4. The lowest BCUT2D eigenvalue weighted by Crippen LogP contribution is -2.44. The standard InChI is InChI=1S/C61H56N4O/c1-41(42-16-10-8-11-17-42)61(40-62-55-38-52(43-22-28-46(29-23-43)59(2,3)4)53(39-56(55)64-61)44-24-30-47(31-25-44)60(5,6)7)48-32-36-51(37-33-48)65(49-18-12-9-13-19-49)50-34-26-45(27-35-50)58-63-54-20-14-15-21-57(54)66-58/h8-39,41H,40H2,1-7H3. The summed E-state index contributed by atoms with van der Waals surface area (Å²) in [5.41, 5.74) is 14.7. The van der Waals surface area contributed by atoms with Crippen LogP contribution in [0, 0.1) is 0 Å². The van der Waals surface area contributed by atoms with Gasteiger partial charge in [-0.2, -0.15) is 0 Å². The number of hydrogen-bond donors (Lipinski definition) is 0. The first-order valence-electron chi connectivity index (χ1n) is 23.1. The van der Waals surface area contributed by atoms with Gasteiger partial charge >= 0.3 is 0 Å². The molecule has 0 saturated heterocycles. The average molecular weight is 861 g/mol. The van der Waals surface area contributed by atoms with Gasteiger partial charge in [-0.15, -0.1) is 0 Å². The highest BCUT2D eigenvalue weighted by atomic mass is 16.3. The fourth-order valence-electron chi connectivity index (χ4n) is 9.36. The molecule has 10 rings (SSSR count). The van der Waals surface area contributed by atoms with Crippen molar-refractivity contribution in [2.75, 3.05) is 11.4 Å². The van der Waals surface area contributed by atoms with Crippen LogP contribution in [0.4, 0.5) is 17.1 Å². The van der Waals surface area contributed by atoms with Crippen LogP contribution in [-0.2, 0) is 16.4 Å². The molecule has 0 radical (unpaired) electrons. The maximum absolute atomic E-state index is 6.12. The lowest BCUT2D eigenvalue weighted by Gasteiger charge is -2.37. The van der Waals surface area contributed by atoms with Gasteiger partial charge in [0, 0.05) is 28.5 Å². The predicted molar refractivity (Wildman–Crippen MR) is 273 cm³/mol. The number of para-hydroxylation sites is 3. The van der Waals surface area contributed by atoms with Gasteiger partial charge in [-0.3, -0.25) is 9.98 Å². The van der Waals surface area contributed by atoms with Crippen molar-refractivity contribution in [3.05, 3.63) is 227 Å². The lowest BCUT2D eigenvalue weighted by molar-refractivity contribution is 0.365. The third kappa shape index (κ3) is 8.15. The van der Waals surface area contributed by atoms with Crippen molar-refractivity contribution >= 4 is 28.2 Å². The molecule has 1 aliphatic rings. The van der Waals surface area contributed by atoms with Crippen molar-refractivity contribution in [2.45, 2.75) is 70.8 Å². The fraction of sp³-hybridized carbons (Fsp3) is 0.197. The first-order chi connectivity index (χ1) is 31.8. The molecule has 8 aromatic carbocycles. The fourth-order valence-corrected chi connectivity index (χ4v) is 9.36. The Morgan fingerprint density at radius 1 is 0.515 bits per heavy atom. The van der Waals surface area contributed by atoms with E-state index in [0.717, 1.165) is 66.7 Å². The number of anilines is 3. The smallest absolute Gasteiger partial charge is 0.227 e. The molecule has 0 fully saturated rings. The normalized spacial score (nSPS) is 15.4. The molecule has 2 heterocycles. The number of benzene rings is 8. The first kappa shape index (κ1) is 42.6. The second kappa shape index (κ2) is 16.9. The Hall–Kier alpha value is -7.37. The summed E-state index contributed by atoms with van der Waals surface area (Å²) in [4.78, 5) is 18.4. The van der Waals surface area contributed by atoms with Crippen LogP contribution in [-0.4, -0.2) is 11.5 Å². The molecule has 0 spiro atoms. The molecular formula is C61H56N4O. The molecule has 1 aromatic heterocycles. The highest BCUT2D eigenvalue weighted by Gasteiger charge is 2.40. The van der Waals surface area contributed by atoms with Gasteiger partial charge in [-0.25, -0.2) is 4.98 Å². The summed E-state index contributed by atoms with van der Waals surface area (Å²) in [6.07, 6.45) is 0. The number of hydrogen-bond acceptors (Lipinski definition) is 5. The zero-order valence-corrected chi connectivity index (χ0v) is 39.0. The molecule has 9 aromatic rings. The van der Waals surface area contributed by atoms with E-state index in [0.29, 0.717) is 12.4 Å². The monoisotopic (exact) mass is 860 g/mol. The molecule has 0 aliphatic carbocycles. The molecule has 2 atom stereocenters. The Kier molecular flexibility index (Phi) is 10.9. The van der Waals surface area contributed by atoms with Crippen LogP contribution in [0.25, 0.3) is 44.8 Å². The van der Waals surface area contributed by atoms with E-state index in [-0.39, 0.29) is 16.7 Å². The zero-order chi connectivity index (χ0) is 45.6. The highest BCUT2D eigenvalue weighted by Crippen LogP contribution is 2.44. The largest absolute Gasteiger partial charge is 0.436 e. The molecule has 2 unspecified atom stereocenters. The van der Waals surface area contributed by atoms with E-state index in [4.69, 9.17) is 19.4 Å². The van der Waals surface area contributed by atoms with Crippen LogP contribution in [0.15, 0.2) is 209 Å². The number of fused-ring (bicyclic) bond motifs is 2. The summed E-state index contributed by atoms with van der Waals surface area (Å²) in [6.45, 7) is 16.4. The van der Waals surface area contributed by atoms with Crippen molar-refractivity contribution in [1.29, 1.82) is 0 Å². The molecular weight excluding hydrogens is 805 g/mol. The van der Waals surface area contributed by atoms with Gasteiger partial charge in [-0.1, -0.05) is 170 Å². The Morgan fingerprint density at radius 2 is 1.00 bits per heavy atom. The quantitative estimate of drug-likeness (QED) is 0.145. The SMILES string of the molecule is CC(c1ccccc1)C1(c2ccc(N(c3ccccc3)c3ccc(-c4nc5ccccc5o4)cc3)cc2)CN=c2cc(-c3ccc(C(C)(C)C)cc3)c(-c3ccc(C(C)(C)C)cc3)cc2=N1. The molecule has 0 amide bonds. The van der Waals surface area contributed by atoms with Gasteiger partial charge < -0.3 is 9.32 Å². The second-order valence-electron chi connectivity index (χ2n) is 19.8. The summed E-state index contributed by atoms with van der Waals surface area (Å²) in [5.74, 6) is 0.626. The molecule has 0 bridgehead atoms. The average Bonchev–Trinajstić information content (AvgIpc) is 3.79. The molecule has 0 saturated carbocycles. The van der Waals surface area contributed by atoms with Gasteiger partial charge in [0.15, 0.2) is 5.58 Å². The Balaban J connectivity index is 1.09. The zero-order valence-electron chi connectivity index (χ0n) is 39.0. The summed E-state index contributed by atoms with van der Waals surface area (Å²) in [7, 11) is 0. The van der Waals surface area contributed by atoms with Crippen LogP contribution in [0.3, 0.4) is 0 Å². The van der Waals surface area contributed by atoms with E-state index in [9.17, 15) is 0 Å². The summed E-state index contributed by atoms with van der Waals surface area (Å²) >= 11 is 0. The van der Waals surface area contributed by atoms with Gasteiger partial charge in [0.1, 0.15) is 11.1 Å². The van der Waals surface area contributed by atoms with E-state index in [1.807, 2.05) is 24.3 Å². The number of rotatable bonds is 9. The number of nitrogens with zero attached hydrogens (tertiary/aromatic N) is 4. The molecule has 5 nitrogen and oxygen atoms in total. The van der Waals surface area contributed by atoms with E-state index >= 15 is 0 Å². The molecule has 66 heavy (non-hydrogen) atoms. The van der Waals surface area contributed by atoms with Crippen LogP contribution in [0.2, 0.25) is 0 Å². The van der Waals surface area contributed by atoms with Gasteiger partial charge in [0.25, 0.3) is 0 Å². The molecule has 5 heteroatoms. The van der Waals surface area contributed by atoms with Crippen LogP contribution < -0.4 is 15.6 Å². The second-order valence-corrected chi connectivity index (χ2v) is 19.8. The van der Waals surface area contributed by atoms with Gasteiger partial charge in [0.2, 0.25) is 5.89 Å². The third-order valence-electron chi connectivity index (χ3n) is 13.4. The number of oxazole rings is 1. The minimum Gasteiger partial charge on any atom is -0.436 e. The van der Waals surface area contributed by atoms with Crippen LogP contribution >= 0.6 is 0 Å². The molecule has 1 aliphatic heterocycles. The Bertz CT molecular complexity index is 3240. The summed E-state index contributed by atoms with van der Waals surface area (Å²) < 4.78 is 6.12. The van der Waals surface area contributed by atoms with Gasteiger partial charge in [-0.05, 0) is 128 Å². The predicted octanol–water partition coefficient (Wildman–Crippen LogP) is 14.8. The Morgan fingerprint density at radius 3 is 1.56 bits per heavy atom. The first-order valence-corrected chi connectivity index (χ1v) is 23.1. The van der Waals surface area contributed by atoms with Crippen LogP contribution in [0.5, 0.6) is 0 Å². The van der Waals surface area contributed by atoms with E-state index < -0.39 is 5.54 Å². The topological polar surface area (TPSA) is 54.0 Å².